The van der Waals surface area contributed by atoms with E-state index in [1.807, 2.05) is 25.1 Å². The molecule has 2 aliphatic rings. The molecular formula is C22H33F3N4O2. The fraction of sp³-hybridized carbons (Fsp3) is 0.682. The number of halogens is 3. The summed E-state index contributed by atoms with van der Waals surface area (Å²) in [5, 5.41) is 6.45. The molecule has 1 unspecified atom stereocenters. The maximum Gasteiger partial charge on any atom is 0.401 e. The van der Waals surface area contributed by atoms with Crippen LogP contribution in [-0.4, -0.2) is 62.5 Å². The average molecular weight is 443 g/mol. The van der Waals surface area contributed by atoms with Crippen LogP contribution in [0.25, 0.3) is 0 Å². The summed E-state index contributed by atoms with van der Waals surface area (Å²) >= 11 is 0. The molecule has 1 aliphatic carbocycles. The molecule has 1 aliphatic heterocycles. The van der Waals surface area contributed by atoms with E-state index in [-0.39, 0.29) is 12.1 Å². The fourth-order valence-corrected chi connectivity index (χ4v) is 4.13. The van der Waals surface area contributed by atoms with Crippen LogP contribution >= 0.6 is 0 Å². The molecule has 1 heterocycles. The second-order valence-corrected chi connectivity index (χ2v) is 8.18. The van der Waals surface area contributed by atoms with Crippen molar-refractivity contribution in [2.75, 3.05) is 33.3 Å². The van der Waals surface area contributed by atoms with Crippen LogP contribution in [0.3, 0.4) is 0 Å². The first-order valence-corrected chi connectivity index (χ1v) is 11.0. The summed E-state index contributed by atoms with van der Waals surface area (Å²) in [4.78, 5) is 6.06. The highest BCUT2D eigenvalue weighted by Crippen LogP contribution is 2.32. The van der Waals surface area contributed by atoms with Crippen LogP contribution in [-0.2, 0) is 6.54 Å². The zero-order valence-electron chi connectivity index (χ0n) is 18.3. The van der Waals surface area contributed by atoms with Crippen molar-refractivity contribution in [1.82, 2.24) is 15.5 Å². The lowest BCUT2D eigenvalue weighted by atomic mass is 10.2. The van der Waals surface area contributed by atoms with E-state index in [0.717, 1.165) is 24.2 Å². The van der Waals surface area contributed by atoms with E-state index in [9.17, 15) is 13.2 Å². The standard InChI is InChI=1S/C22H33F3N4O2/c1-3-26-21(28-17-10-11-29(14-17)15-22(23,24)25)27-13-16-8-9-19(30-2)20(12-16)31-18-6-4-5-7-18/h8-9,12,17-18H,3-7,10-11,13-15H2,1-2H3,(H2,26,27,28). The third-order valence-electron chi connectivity index (χ3n) is 5.60. The molecule has 6 nitrogen and oxygen atoms in total. The summed E-state index contributed by atoms with van der Waals surface area (Å²) in [7, 11) is 1.63. The van der Waals surface area contributed by atoms with Gasteiger partial charge in [0.25, 0.3) is 0 Å². The van der Waals surface area contributed by atoms with E-state index >= 15 is 0 Å². The van der Waals surface area contributed by atoms with Gasteiger partial charge >= 0.3 is 6.18 Å². The van der Waals surface area contributed by atoms with E-state index in [1.165, 1.54) is 17.7 Å². The predicted octanol–water partition coefficient (Wildman–Crippen LogP) is 3.71. The Morgan fingerprint density at radius 2 is 1.97 bits per heavy atom. The zero-order valence-corrected chi connectivity index (χ0v) is 18.3. The molecule has 9 heteroatoms. The predicted molar refractivity (Wildman–Crippen MR) is 115 cm³/mol. The largest absolute Gasteiger partial charge is 0.493 e. The molecule has 174 valence electrons. The number of rotatable bonds is 8. The molecule has 0 aromatic heterocycles. The van der Waals surface area contributed by atoms with Crippen molar-refractivity contribution in [2.24, 2.45) is 4.99 Å². The molecule has 1 saturated heterocycles. The van der Waals surface area contributed by atoms with Crippen molar-refractivity contribution >= 4 is 5.96 Å². The first kappa shape index (κ1) is 23.5. The van der Waals surface area contributed by atoms with Crippen molar-refractivity contribution in [3.8, 4) is 11.5 Å². The minimum atomic E-state index is -4.17. The number of ether oxygens (including phenoxy) is 2. The summed E-state index contributed by atoms with van der Waals surface area (Å²) in [5.74, 6) is 2.05. The first-order valence-electron chi connectivity index (χ1n) is 11.0. The Morgan fingerprint density at radius 1 is 1.19 bits per heavy atom. The number of aliphatic imine (C=N–C) groups is 1. The summed E-state index contributed by atoms with van der Waals surface area (Å²) in [6.07, 6.45) is 1.22. The van der Waals surface area contributed by atoms with Gasteiger partial charge in [0.2, 0.25) is 0 Å². The van der Waals surface area contributed by atoms with Crippen molar-refractivity contribution in [1.29, 1.82) is 0 Å². The van der Waals surface area contributed by atoms with E-state index in [1.54, 1.807) is 7.11 Å². The Kier molecular flexibility index (Phi) is 8.28. The van der Waals surface area contributed by atoms with Crippen LogP contribution in [0.4, 0.5) is 13.2 Å². The SMILES string of the molecule is CCNC(=NCc1ccc(OC)c(OC2CCCC2)c1)NC1CCN(CC(F)(F)F)C1. The topological polar surface area (TPSA) is 58.1 Å². The van der Waals surface area contributed by atoms with Crippen LogP contribution in [0.15, 0.2) is 23.2 Å². The smallest absolute Gasteiger partial charge is 0.401 e. The van der Waals surface area contributed by atoms with Gasteiger partial charge in [-0.05, 0) is 56.7 Å². The van der Waals surface area contributed by atoms with Crippen LogP contribution in [0.5, 0.6) is 11.5 Å². The average Bonchev–Trinajstić information content (AvgIpc) is 3.37. The third kappa shape index (κ3) is 7.48. The highest BCUT2D eigenvalue weighted by molar-refractivity contribution is 5.80. The van der Waals surface area contributed by atoms with Gasteiger partial charge in [-0.1, -0.05) is 6.07 Å². The lowest BCUT2D eigenvalue weighted by molar-refractivity contribution is -0.143. The van der Waals surface area contributed by atoms with Crippen LogP contribution in [0, 0.1) is 0 Å². The van der Waals surface area contributed by atoms with Crippen molar-refractivity contribution in [3.63, 3.8) is 0 Å². The first-order chi connectivity index (χ1) is 14.9. The summed E-state index contributed by atoms with van der Waals surface area (Å²) < 4.78 is 49.5. The number of nitrogens with one attached hydrogen (secondary N) is 2. The number of benzene rings is 1. The second-order valence-electron chi connectivity index (χ2n) is 8.18. The molecule has 0 radical (unpaired) electrons. The van der Waals surface area contributed by atoms with E-state index in [2.05, 4.69) is 15.6 Å². The van der Waals surface area contributed by atoms with Crippen molar-refractivity contribution < 1.29 is 22.6 Å². The molecule has 1 atom stereocenters. The van der Waals surface area contributed by atoms with Gasteiger partial charge in [-0.25, -0.2) is 4.99 Å². The number of methoxy groups -OCH3 is 1. The van der Waals surface area contributed by atoms with Crippen LogP contribution < -0.4 is 20.1 Å². The van der Waals surface area contributed by atoms with Gasteiger partial charge in [0.05, 0.1) is 26.3 Å². The van der Waals surface area contributed by atoms with E-state index < -0.39 is 12.7 Å². The molecule has 1 saturated carbocycles. The lowest BCUT2D eigenvalue weighted by Gasteiger charge is -2.20. The number of hydrogen-bond donors (Lipinski definition) is 2. The molecule has 3 rings (SSSR count). The van der Waals surface area contributed by atoms with Crippen molar-refractivity contribution in [2.45, 2.75) is 63.9 Å². The second kappa shape index (κ2) is 10.9. The maximum absolute atomic E-state index is 12.6. The van der Waals surface area contributed by atoms with Gasteiger partial charge in [0.1, 0.15) is 0 Å². The Morgan fingerprint density at radius 3 is 2.65 bits per heavy atom. The quantitative estimate of drug-likeness (QED) is 0.475. The minimum Gasteiger partial charge on any atom is -0.493 e. The number of likely N-dealkylation sites (tertiary alicyclic amines) is 1. The fourth-order valence-electron chi connectivity index (χ4n) is 4.13. The van der Waals surface area contributed by atoms with Gasteiger partial charge in [0, 0.05) is 25.7 Å². The van der Waals surface area contributed by atoms with E-state index in [0.29, 0.717) is 44.3 Å². The summed E-state index contributed by atoms with van der Waals surface area (Å²) in [6.45, 7) is 2.97. The molecule has 0 amide bonds. The Hall–Kier alpha value is -2.16. The molecule has 1 aromatic carbocycles. The zero-order chi connectivity index (χ0) is 22.3. The number of alkyl halides is 3. The van der Waals surface area contributed by atoms with Gasteiger partial charge in [-0.2, -0.15) is 13.2 Å². The minimum absolute atomic E-state index is 0.0581. The highest BCUT2D eigenvalue weighted by atomic mass is 19.4. The van der Waals surface area contributed by atoms with Gasteiger partial charge in [-0.3, -0.25) is 4.90 Å². The van der Waals surface area contributed by atoms with Gasteiger partial charge < -0.3 is 20.1 Å². The number of hydrogen-bond acceptors (Lipinski definition) is 4. The molecule has 0 spiro atoms. The molecule has 2 fully saturated rings. The monoisotopic (exact) mass is 442 g/mol. The maximum atomic E-state index is 12.6. The molecule has 31 heavy (non-hydrogen) atoms. The number of nitrogens with zero attached hydrogens (tertiary/aromatic N) is 2. The Labute approximate surface area is 182 Å². The summed E-state index contributed by atoms with van der Waals surface area (Å²) in [5.41, 5.74) is 0.983. The van der Waals surface area contributed by atoms with Crippen molar-refractivity contribution in [3.05, 3.63) is 23.8 Å². The third-order valence-corrected chi connectivity index (χ3v) is 5.60. The van der Waals surface area contributed by atoms with E-state index in [4.69, 9.17) is 9.47 Å². The van der Waals surface area contributed by atoms with Crippen LogP contribution in [0.1, 0.15) is 44.6 Å². The molecular weight excluding hydrogens is 409 g/mol. The number of guanidine groups is 1. The highest BCUT2D eigenvalue weighted by Gasteiger charge is 2.34. The van der Waals surface area contributed by atoms with Gasteiger partial charge in [-0.15, -0.1) is 0 Å². The Bertz CT molecular complexity index is 736. The molecule has 2 N–H and O–H groups in total. The van der Waals surface area contributed by atoms with Crippen LogP contribution in [0.2, 0.25) is 0 Å². The Balaban J connectivity index is 1.60. The lowest BCUT2D eigenvalue weighted by Crippen LogP contribution is -2.45. The molecule has 0 bridgehead atoms. The summed E-state index contributed by atoms with van der Waals surface area (Å²) in [6, 6.07) is 5.75. The normalized spacial score (nSPS) is 20.8. The van der Waals surface area contributed by atoms with Gasteiger partial charge in [0.15, 0.2) is 17.5 Å². The molecule has 1 aromatic rings.